The Morgan fingerprint density at radius 1 is 0.829 bits per heavy atom. The number of H-pyrrole nitrogens is 1. The van der Waals surface area contributed by atoms with Crippen molar-refractivity contribution in [1.82, 2.24) is 20.9 Å². The summed E-state index contributed by atoms with van der Waals surface area (Å²) >= 11 is 4.07. The Labute approximate surface area is 239 Å². The summed E-state index contributed by atoms with van der Waals surface area (Å²) in [7, 11) is 0. The van der Waals surface area contributed by atoms with Crippen LogP contribution in [0.1, 0.15) is 17.5 Å². The molecule has 0 aliphatic carbocycles. The van der Waals surface area contributed by atoms with Crippen molar-refractivity contribution in [2.24, 2.45) is 5.73 Å². The summed E-state index contributed by atoms with van der Waals surface area (Å²) in [6.07, 6.45) is 0.775. The molecule has 0 saturated heterocycles. The zero-order valence-electron chi connectivity index (χ0n) is 21.7. The normalized spacial score (nSPS) is 13.9. The number of aliphatic carboxylic acids is 2. The van der Waals surface area contributed by atoms with Gasteiger partial charge in [0.2, 0.25) is 17.7 Å². The third-order valence-electron chi connectivity index (χ3n) is 6.27. The Balaban J connectivity index is 1.66. The standard InChI is InChI=1S/C27H31N5O8S/c28-18(9-14-5-7-16(33)8-6-14)24(36)32-22(13-41)26(38)30-20(11-23(34)35)25(37)31-21(27(39)40)10-15-12-29-19-4-2-1-3-17(15)19/h1-8,12,18,20-22,29,33,41H,9-11,13,28H2,(H,30,38)(H,31,37)(H,32,36)(H,34,35)(H,39,40). The van der Waals surface area contributed by atoms with Gasteiger partial charge in [-0.15, -0.1) is 0 Å². The van der Waals surface area contributed by atoms with Crippen LogP contribution in [0.15, 0.2) is 54.7 Å². The maximum absolute atomic E-state index is 13.0. The number of carbonyl (C=O) groups is 5. The first-order valence-electron chi connectivity index (χ1n) is 12.5. The predicted octanol–water partition coefficient (Wildman–Crippen LogP) is -0.0705. The fourth-order valence-corrected chi connectivity index (χ4v) is 4.36. The summed E-state index contributed by atoms with van der Waals surface area (Å²) in [6.45, 7) is 0. The molecule has 4 atom stereocenters. The Bertz CT molecular complexity index is 1410. The highest BCUT2D eigenvalue weighted by atomic mass is 32.1. The lowest BCUT2D eigenvalue weighted by Gasteiger charge is -2.24. The van der Waals surface area contributed by atoms with E-state index in [1.807, 2.05) is 12.1 Å². The topological polar surface area (TPSA) is 224 Å². The number of aromatic hydroxyl groups is 1. The predicted molar refractivity (Wildman–Crippen MR) is 151 cm³/mol. The monoisotopic (exact) mass is 585 g/mol. The molecule has 41 heavy (non-hydrogen) atoms. The quantitative estimate of drug-likeness (QED) is 0.115. The first kappa shape index (κ1) is 31.0. The van der Waals surface area contributed by atoms with Gasteiger partial charge in [0.1, 0.15) is 23.9 Å². The van der Waals surface area contributed by atoms with E-state index >= 15 is 0 Å². The highest BCUT2D eigenvalue weighted by Crippen LogP contribution is 2.19. The van der Waals surface area contributed by atoms with Gasteiger partial charge in [-0.3, -0.25) is 19.2 Å². The minimum Gasteiger partial charge on any atom is -0.508 e. The third kappa shape index (κ3) is 8.71. The first-order valence-corrected chi connectivity index (χ1v) is 13.2. The number of benzene rings is 2. The molecule has 0 spiro atoms. The molecule has 1 heterocycles. The van der Waals surface area contributed by atoms with E-state index in [0.29, 0.717) is 11.1 Å². The third-order valence-corrected chi connectivity index (χ3v) is 6.63. The number of thiol groups is 1. The molecule has 3 aromatic rings. The molecule has 4 unspecified atom stereocenters. The Hall–Kier alpha value is -4.56. The molecule has 9 N–H and O–H groups in total. The van der Waals surface area contributed by atoms with Crippen LogP contribution in [-0.2, 0) is 36.8 Å². The molecule has 0 bridgehead atoms. The van der Waals surface area contributed by atoms with E-state index in [0.717, 1.165) is 10.9 Å². The molecule has 0 fully saturated rings. The minimum absolute atomic E-state index is 0.0474. The molecular weight excluding hydrogens is 554 g/mol. The molecule has 0 saturated carbocycles. The molecule has 0 aliphatic heterocycles. The van der Waals surface area contributed by atoms with Crippen LogP contribution in [-0.4, -0.2) is 79.9 Å². The van der Waals surface area contributed by atoms with Gasteiger partial charge in [-0.05, 0) is 35.7 Å². The number of para-hydroxylation sites is 1. The lowest BCUT2D eigenvalue weighted by atomic mass is 10.0. The SMILES string of the molecule is NC(Cc1ccc(O)cc1)C(=O)NC(CS)C(=O)NC(CC(=O)O)C(=O)NC(Cc1c[nH]c2ccccc12)C(=O)O. The van der Waals surface area contributed by atoms with Gasteiger partial charge in [0, 0.05) is 29.3 Å². The van der Waals surface area contributed by atoms with Crippen molar-refractivity contribution in [1.29, 1.82) is 0 Å². The number of carboxylic acid groups (broad SMARTS) is 2. The largest absolute Gasteiger partial charge is 0.508 e. The molecule has 0 radical (unpaired) electrons. The van der Waals surface area contributed by atoms with Gasteiger partial charge in [-0.1, -0.05) is 30.3 Å². The zero-order chi connectivity index (χ0) is 30.1. The molecule has 3 amide bonds. The van der Waals surface area contributed by atoms with Crippen molar-refractivity contribution >= 4 is 53.2 Å². The maximum atomic E-state index is 13.0. The van der Waals surface area contributed by atoms with E-state index in [4.69, 9.17) is 5.73 Å². The van der Waals surface area contributed by atoms with Gasteiger partial charge < -0.3 is 42.0 Å². The van der Waals surface area contributed by atoms with Crippen LogP contribution in [0.4, 0.5) is 0 Å². The van der Waals surface area contributed by atoms with Crippen molar-refractivity contribution in [3.8, 4) is 5.75 Å². The van der Waals surface area contributed by atoms with Gasteiger partial charge in [-0.2, -0.15) is 12.6 Å². The van der Waals surface area contributed by atoms with Crippen LogP contribution in [0.25, 0.3) is 10.9 Å². The molecule has 3 rings (SSSR count). The van der Waals surface area contributed by atoms with E-state index in [1.165, 1.54) is 12.1 Å². The number of carboxylic acids is 2. The number of carbonyl (C=O) groups excluding carboxylic acids is 3. The molecule has 1 aromatic heterocycles. The second kappa shape index (κ2) is 14.2. The Morgan fingerprint density at radius 2 is 1.44 bits per heavy atom. The van der Waals surface area contributed by atoms with E-state index < -0.39 is 60.2 Å². The summed E-state index contributed by atoms with van der Waals surface area (Å²) < 4.78 is 0. The van der Waals surface area contributed by atoms with E-state index in [2.05, 4.69) is 33.6 Å². The van der Waals surface area contributed by atoms with Crippen molar-refractivity contribution in [2.75, 3.05) is 5.75 Å². The van der Waals surface area contributed by atoms with Gasteiger partial charge in [0.25, 0.3) is 0 Å². The number of aromatic nitrogens is 1. The van der Waals surface area contributed by atoms with E-state index in [9.17, 15) is 39.3 Å². The highest BCUT2D eigenvalue weighted by Gasteiger charge is 2.31. The summed E-state index contributed by atoms with van der Waals surface area (Å²) in [5.41, 5.74) is 8.01. The average Bonchev–Trinajstić information content (AvgIpc) is 3.34. The Morgan fingerprint density at radius 3 is 2.07 bits per heavy atom. The van der Waals surface area contributed by atoms with Crippen LogP contribution >= 0.6 is 12.6 Å². The fourth-order valence-electron chi connectivity index (χ4n) is 4.10. The smallest absolute Gasteiger partial charge is 0.326 e. The van der Waals surface area contributed by atoms with E-state index in [-0.39, 0.29) is 24.3 Å². The molecule has 0 aliphatic rings. The van der Waals surface area contributed by atoms with Gasteiger partial charge in [-0.25, -0.2) is 4.79 Å². The summed E-state index contributed by atoms with van der Waals surface area (Å²) in [6, 6.07) is 7.83. The number of rotatable bonds is 14. The first-order chi connectivity index (χ1) is 19.5. The lowest BCUT2D eigenvalue weighted by molar-refractivity contribution is -0.143. The number of phenolic OH excluding ortho intramolecular Hbond substituents is 1. The number of hydrogen-bond acceptors (Lipinski definition) is 8. The number of amides is 3. The van der Waals surface area contributed by atoms with Gasteiger partial charge in [0.15, 0.2) is 0 Å². The summed E-state index contributed by atoms with van der Waals surface area (Å²) in [5.74, 6) is -5.56. The fraction of sp³-hybridized carbons (Fsp3) is 0.296. The Kier molecular flexibility index (Phi) is 10.7. The maximum Gasteiger partial charge on any atom is 0.326 e. The molecule has 13 nitrogen and oxygen atoms in total. The van der Waals surface area contributed by atoms with Crippen LogP contribution < -0.4 is 21.7 Å². The highest BCUT2D eigenvalue weighted by molar-refractivity contribution is 7.80. The van der Waals surface area contributed by atoms with Gasteiger partial charge >= 0.3 is 11.9 Å². The van der Waals surface area contributed by atoms with E-state index in [1.54, 1.807) is 30.5 Å². The number of fused-ring (bicyclic) bond motifs is 1. The number of aromatic amines is 1. The molecule has 218 valence electrons. The molecular formula is C27H31N5O8S. The number of nitrogens with one attached hydrogen (secondary N) is 4. The number of nitrogens with two attached hydrogens (primary N) is 1. The second-order valence-corrected chi connectivity index (χ2v) is 9.71. The summed E-state index contributed by atoms with van der Waals surface area (Å²) in [4.78, 5) is 64.9. The minimum atomic E-state index is -1.64. The van der Waals surface area contributed by atoms with Crippen LogP contribution in [0.3, 0.4) is 0 Å². The van der Waals surface area contributed by atoms with Crippen LogP contribution in [0.2, 0.25) is 0 Å². The lowest BCUT2D eigenvalue weighted by Crippen LogP contribution is -2.58. The molecule has 14 heteroatoms. The van der Waals surface area contributed by atoms with Crippen LogP contribution in [0.5, 0.6) is 5.75 Å². The van der Waals surface area contributed by atoms with Crippen molar-refractivity contribution < 1.29 is 39.3 Å². The van der Waals surface area contributed by atoms with Gasteiger partial charge in [0.05, 0.1) is 12.5 Å². The van der Waals surface area contributed by atoms with Crippen molar-refractivity contribution in [3.05, 3.63) is 65.9 Å². The van der Waals surface area contributed by atoms with Crippen molar-refractivity contribution in [2.45, 2.75) is 43.4 Å². The van der Waals surface area contributed by atoms with Crippen LogP contribution in [0, 0.1) is 0 Å². The molecule has 2 aromatic carbocycles. The average molecular weight is 586 g/mol. The van der Waals surface area contributed by atoms with Crippen molar-refractivity contribution in [3.63, 3.8) is 0 Å². The number of phenols is 1. The second-order valence-electron chi connectivity index (χ2n) is 9.34. The zero-order valence-corrected chi connectivity index (χ0v) is 22.6. The number of hydrogen-bond donors (Lipinski definition) is 9. The summed E-state index contributed by atoms with van der Waals surface area (Å²) in [5, 5.41) is 36.2.